The summed E-state index contributed by atoms with van der Waals surface area (Å²) in [6.45, 7) is 4.23. The second-order valence-corrected chi connectivity index (χ2v) is 4.66. The van der Waals surface area contributed by atoms with Crippen molar-refractivity contribution in [2.75, 3.05) is 0 Å². The molecule has 0 amide bonds. The van der Waals surface area contributed by atoms with Crippen molar-refractivity contribution in [1.82, 2.24) is 14.8 Å². The van der Waals surface area contributed by atoms with E-state index >= 15 is 0 Å². The van der Waals surface area contributed by atoms with Crippen molar-refractivity contribution in [3.8, 4) is 11.3 Å². The highest BCUT2D eigenvalue weighted by molar-refractivity contribution is 5.78. The van der Waals surface area contributed by atoms with Gasteiger partial charge in [0.25, 0.3) is 0 Å². The van der Waals surface area contributed by atoms with Gasteiger partial charge in [-0.1, -0.05) is 30.3 Å². The first-order valence-corrected chi connectivity index (χ1v) is 6.15. The number of rotatable bonds is 2. The Morgan fingerprint density at radius 1 is 1.00 bits per heavy atom. The fourth-order valence-electron chi connectivity index (χ4n) is 2.07. The molecule has 2 aromatic heterocycles. The molecular formula is C15H15N3. The van der Waals surface area contributed by atoms with Gasteiger partial charge in [0.05, 0.1) is 11.9 Å². The number of benzene rings is 1. The molecule has 3 heteroatoms. The Morgan fingerprint density at radius 2 is 1.78 bits per heavy atom. The lowest BCUT2D eigenvalue weighted by Crippen LogP contribution is -2.03. The molecule has 0 radical (unpaired) electrons. The van der Waals surface area contributed by atoms with Crippen molar-refractivity contribution in [3.63, 3.8) is 0 Å². The van der Waals surface area contributed by atoms with Crippen LogP contribution in [0.2, 0.25) is 0 Å². The lowest BCUT2D eigenvalue weighted by molar-refractivity contribution is 0.546. The molecule has 0 saturated carbocycles. The molecule has 3 rings (SSSR count). The van der Waals surface area contributed by atoms with Crippen LogP contribution in [0.5, 0.6) is 0 Å². The summed E-state index contributed by atoms with van der Waals surface area (Å²) in [6, 6.07) is 14.7. The smallest absolute Gasteiger partial charge is 0.158 e. The molecule has 0 fully saturated rings. The molecule has 3 nitrogen and oxygen atoms in total. The van der Waals surface area contributed by atoms with Crippen LogP contribution in [0.3, 0.4) is 0 Å². The predicted molar refractivity (Wildman–Crippen MR) is 73.3 cm³/mol. The van der Waals surface area contributed by atoms with E-state index in [1.165, 1.54) is 0 Å². The average molecular weight is 237 g/mol. The van der Waals surface area contributed by atoms with Crippen molar-refractivity contribution in [1.29, 1.82) is 0 Å². The maximum atomic E-state index is 4.73. The summed E-state index contributed by atoms with van der Waals surface area (Å²) in [5, 5.41) is 5.47. The third kappa shape index (κ3) is 1.78. The van der Waals surface area contributed by atoms with Gasteiger partial charge in [0.15, 0.2) is 5.65 Å². The molecule has 0 unspecified atom stereocenters. The van der Waals surface area contributed by atoms with Crippen molar-refractivity contribution in [3.05, 3.63) is 48.7 Å². The van der Waals surface area contributed by atoms with E-state index in [2.05, 4.69) is 37.1 Å². The van der Waals surface area contributed by atoms with Crippen LogP contribution < -0.4 is 0 Å². The summed E-state index contributed by atoms with van der Waals surface area (Å²) in [6.07, 6.45) is 1.87. The van der Waals surface area contributed by atoms with E-state index in [0.29, 0.717) is 6.04 Å². The molecule has 0 aliphatic carbocycles. The van der Waals surface area contributed by atoms with Crippen LogP contribution >= 0.6 is 0 Å². The molecule has 18 heavy (non-hydrogen) atoms. The van der Waals surface area contributed by atoms with E-state index in [4.69, 9.17) is 4.98 Å². The number of hydrogen-bond acceptors (Lipinski definition) is 2. The molecular weight excluding hydrogens is 222 g/mol. The van der Waals surface area contributed by atoms with Gasteiger partial charge in [0, 0.05) is 17.0 Å². The predicted octanol–water partition coefficient (Wildman–Crippen LogP) is 3.68. The topological polar surface area (TPSA) is 30.7 Å². The molecule has 3 aromatic rings. The fraction of sp³-hybridized carbons (Fsp3) is 0.200. The maximum absolute atomic E-state index is 4.73. The Hall–Kier alpha value is -2.16. The third-order valence-corrected chi connectivity index (χ3v) is 3.00. The van der Waals surface area contributed by atoms with Crippen molar-refractivity contribution in [2.24, 2.45) is 0 Å². The van der Waals surface area contributed by atoms with Gasteiger partial charge in [-0.2, -0.15) is 5.10 Å². The van der Waals surface area contributed by atoms with Gasteiger partial charge in [-0.15, -0.1) is 0 Å². The van der Waals surface area contributed by atoms with Crippen LogP contribution in [0.15, 0.2) is 48.7 Å². The van der Waals surface area contributed by atoms with E-state index < -0.39 is 0 Å². The maximum Gasteiger partial charge on any atom is 0.158 e. The van der Waals surface area contributed by atoms with Crippen molar-refractivity contribution in [2.45, 2.75) is 19.9 Å². The highest BCUT2D eigenvalue weighted by atomic mass is 15.3. The summed E-state index contributed by atoms with van der Waals surface area (Å²) >= 11 is 0. The number of nitrogens with zero attached hydrogens (tertiary/aromatic N) is 3. The Labute approximate surface area is 106 Å². The number of aromatic nitrogens is 3. The van der Waals surface area contributed by atoms with E-state index in [1.54, 1.807) is 0 Å². The van der Waals surface area contributed by atoms with Gasteiger partial charge in [0.2, 0.25) is 0 Å². The van der Waals surface area contributed by atoms with E-state index in [1.807, 2.05) is 35.1 Å². The summed E-state index contributed by atoms with van der Waals surface area (Å²) in [5.41, 5.74) is 3.08. The lowest BCUT2D eigenvalue weighted by atomic mass is 10.1. The number of fused-ring (bicyclic) bond motifs is 1. The van der Waals surface area contributed by atoms with E-state index in [-0.39, 0.29) is 0 Å². The third-order valence-electron chi connectivity index (χ3n) is 3.00. The molecule has 0 spiro atoms. The minimum Gasteiger partial charge on any atom is -0.245 e. The second-order valence-electron chi connectivity index (χ2n) is 4.66. The summed E-state index contributed by atoms with van der Waals surface area (Å²) in [5.74, 6) is 0. The Balaban J connectivity index is 2.18. The van der Waals surface area contributed by atoms with Gasteiger partial charge in [0.1, 0.15) is 0 Å². The van der Waals surface area contributed by atoms with E-state index in [0.717, 1.165) is 22.3 Å². The Kier molecular flexibility index (Phi) is 2.59. The fourth-order valence-corrected chi connectivity index (χ4v) is 2.07. The van der Waals surface area contributed by atoms with Crippen molar-refractivity contribution >= 4 is 11.0 Å². The van der Waals surface area contributed by atoms with Crippen LogP contribution in [0.1, 0.15) is 19.9 Å². The summed E-state index contributed by atoms with van der Waals surface area (Å²) in [4.78, 5) is 4.73. The molecule has 1 aromatic carbocycles. The van der Waals surface area contributed by atoms with Gasteiger partial charge in [-0.05, 0) is 26.0 Å². The van der Waals surface area contributed by atoms with Crippen LogP contribution in [0.25, 0.3) is 22.3 Å². The first-order valence-electron chi connectivity index (χ1n) is 6.15. The molecule has 0 aliphatic rings. The number of hydrogen-bond donors (Lipinski definition) is 0. The van der Waals surface area contributed by atoms with Gasteiger partial charge >= 0.3 is 0 Å². The normalized spacial score (nSPS) is 11.3. The largest absolute Gasteiger partial charge is 0.245 e. The molecule has 0 atom stereocenters. The van der Waals surface area contributed by atoms with Gasteiger partial charge in [-0.3, -0.25) is 0 Å². The summed E-state index contributed by atoms with van der Waals surface area (Å²) in [7, 11) is 0. The molecule has 0 saturated heterocycles. The Morgan fingerprint density at radius 3 is 2.50 bits per heavy atom. The van der Waals surface area contributed by atoms with Crippen LogP contribution in [-0.4, -0.2) is 14.8 Å². The summed E-state index contributed by atoms with van der Waals surface area (Å²) < 4.78 is 1.96. The minimum atomic E-state index is 0.320. The quantitative estimate of drug-likeness (QED) is 0.680. The monoisotopic (exact) mass is 237 g/mol. The molecule has 90 valence electrons. The Bertz CT molecular complexity index is 669. The standard InChI is InChI=1S/C15H15N3/c1-11(2)18-15-13(10-16-18)8-9-14(17-15)12-6-4-3-5-7-12/h3-11H,1-2H3. The zero-order valence-corrected chi connectivity index (χ0v) is 10.5. The molecule has 0 bridgehead atoms. The zero-order chi connectivity index (χ0) is 12.5. The SMILES string of the molecule is CC(C)n1ncc2ccc(-c3ccccc3)nc21. The van der Waals surface area contributed by atoms with Crippen molar-refractivity contribution < 1.29 is 0 Å². The van der Waals surface area contributed by atoms with E-state index in [9.17, 15) is 0 Å². The highest BCUT2D eigenvalue weighted by Gasteiger charge is 2.08. The average Bonchev–Trinajstić information content (AvgIpc) is 2.82. The molecule has 2 heterocycles. The lowest BCUT2D eigenvalue weighted by Gasteiger charge is -2.07. The van der Waals surface area contributed by atoms with Crippen LogP contribution in [0, 0.1) is 0 Å². The zero-order valence-electron chi connectivity index (χ0n) is 10.5. The highest BCUT2D eigenvalue weighted by Crippen LogP contribution is 2.22. The first-order chi connectivity index (χ1) is 8.75. The molecule has 0 aliphatic heterocycles. The molecule has 0 N–H and O–H groups in total. The minimum absolute atomic E-state index is 0.320. The van der Waals surface area contributed by atoms with Crippen LogP contribution in [-0.2, 0) is 0 Å². The van der Waals surface area contributed by atoms with Crippen LogP contribution in [0.4, 0.5) is 0 Å². The second kappa shape index (κ2) is 4.26. The van der Waals surface area contributed by atoms with Gasteiger partial charge in [-0.25, -0.2) is 9.67 Å². The van der Waals surface area contributed by atoms with Gasteiger partial charge < -0.3 is 0 Å². The number of pyridine rings is 1. The first kappa shape index (κ1) is 11.0.